The van der Waals surface area contributed by atoms with Crippen molar-refractivity contribution in [3.05, 3.63) is 58.3 Å². The maximum Gasteiger partial charge on any atom is 0.321 e. The standard InChI is InChI=1S/C19H20Cl2FN3O3S/c20-14-1-6-17(21)18(11-14)29(27,28)23-12-13-7-9-25(10-8-13)19(26)24-16-4-2-15(22)3-5-16/h1-6,11,13,23H,7-10,12H2,(H,24,26). The lowest BCUT2D eigenvalue weighted by atomic mass is 9.97. The van der Waals surface area contributed by atoms with Crippen LogP contribution in [0.3, 0.4) is 0 Å². The third-order valence-electron chi connectivity index (χ3n) is 4.74. The van der Waals surface area contributed by atoms with E-state index in [1.54, 1.807) is 4.90 Å². The molecule has 6 nitrogen and oxygen atoms in total. The summed E-state index contributed by atoms with van der Waals surface area (Å²) in [7, 11) is -3.78. The van der Waals surface area contributed by atoms with Crippen LogP contribution in [-0.2, 0) is 10.0 Å². The number of carbonyl (C=O) groups is 1. The van der Waals surface area contributed by atoms with Crippen molar-refractivity contribution in [2.24, 2.45) is 5.92 Å². The number of piperidine rings is 1. The predicted molar refractivity (Wildman–Crippen MR) is 111 cm³/mol. The van der Waals surface area contributed by atoms with Crippen molar-refractivity contribution in [3.63, 3.8) is 0 Å². The normalized spacial score (nSPS) is 15.3. The van der Waals surface area contributed by atoms with Gasteiger partial charge in [0.15, 0.2) is 0 Å². The number of likely N-dealkylation sites (tertiary alicyclic amines) is 1. The van der Waals surface area contributed by atoms with Crippen LogP contribution in [0.5, 0.6) is 0 Å². The first-order valence-electron chi connectivity index (χ1n) is 9.01. The molecule has 2 N–H and O–H groups in total. The van der Waals surface area contributed by atoms with Crippen LogP contribution in [0.15, 0.2) is 47.4 Å². The summed E-state index contributed by atoms with van der Waals surface area (Å²) in [5.74, 6) is -0.275. The minimum atomic E-state index is -3.78. The van der Waals surface area contributed by atoms with Gasteiger partial charge in [0, 0.05) is 30.3 Å². The van der Waals surface area contributed by atoms with Gasteiger partial charge in [0.1, 0.15) is 10.7 Å². The van der Waals surface area contributed by atoms with Crippen molar-refractivity contribution in [1.29, 1.82) is 0 Å². The molecule has 29 heavy (non-hydrogen) atoms. The zero-order valence-corrected chi connectivity index (χ0v) is 17.7. The maximum atomic E-state index is 12.9. The summed E-state index contributed by atoms with van der Waals surface area (Å²) in [6.45, 7) is 1.24. The van der Waals surface area contributed by atoms with Crippen molar-refractivity contribution in [1.82, 2.24) is 9.62 Å². The van der Waals surface area contributed by atoms with Crippen LogP contribution < -0.4 is 10.0 Å². The molecule has 2 aromatic rings. The van der Waals surface area contributed by atoms with Gasteiger partial charge in [-0.15, -0.1) is 0 Å². The third-order valence-corrected chi connectivity index (χ3v) is 6.88. The number of nitrogens with zero attached hydrogens (tertiary/aromatic N) is 1. The van der Waals surface area contributed by atoms with Gasteiger partial charge < -0.3 is 10.2 Å². The molecule has 0 aliphatic carbocycles. The van der Waals surface area contributed by atoms with Crippen molar-refractivity contribution in [3.8, 4) is 0 Å². The number of sulfonamides is 1. The van der Waals surface area contributed by atoms with Crippen LogP contribution >= 0.6 is 23.2 Å². The molecule has 2 amide bonds. The number of rotatable bonds is 5. The summed E-state index contributed by atoms with van der Waals surface area (Å²) < 4.78 is 40.5. The number of urea groups is 1. The van der Waals surface area contributed by atoms with Gasteiger partial charge in [-0.2, -0.15) is 0 Å². The number of hydrogen-bond donors (Lipinski definition) is 2. The Morgan fingerprint density at radius 3 is 2.41 bits per heavy atom. The minimum absolute atomic E-state index is 0.0530. The lowest BCUT2D eigenvalue weighted by Gasteiger charge is -2.32. The first kappa shape index (κ1) is 21.8. The van der Waals surface area contributed by atoms with Gasteiger partial charge in [0.2, 0.25) is 10.0 Å². The van der Waals surface area contributed by atoms with Crippen LogP contribution in [0.4, 0.5) is 14.9 Å². The van der Waals surface area contributed by atoms with Crippen molar-refractivity contribution in [2.75, 3.05) is 25.0 Å². The molecule has 1 aliphatic rings. The second kappa shape index (κ2) is 9.30. The van der Waals surface area contributed by atoms with E-state index in [0.717, 1.165) is 0 Å². The Balaban J connectivity index is 1.50. The topological polar surface area (TPSA) is 78.5 Å². The van der Waals surface area contributed by atoms with Crippen molar-refractivity contribution in [2.45, 2.75) is 17.7 Å². The molecule has 10 heteroatoms. The van der Waals surface area contributed by atoms with Crippen molar-refractivity contribution >= 4 is 44.9 Å². The summed E-state index contributed by atoms with van der Waals surface area (Å²) in [5.41, 5.74) is 0.518. The maximum absolute atomic E-state index is 12.9. The lowest BCUT2D eigenvalue weighted by Crippen LogP contribution is -2.43. The fourth-order valence-corrected chi connectivity index (χ4v) is 4.94. The highest BCUT2D eigenvalue weighted by Crippen LogP contribution is 2.25. The molecule has 1 fully saturated rings. The molecule has 0 aromatic heterocycles. The van der Waals surface area contributed by atoms with Gasteiger partial charge in [-0.3, -0.25) is 0 Å². The summed E-state index contributed by atoms with van der Waals surface area (Å²) >= 11 is 11.9. The summed E-state index contributed by atoms with van der Waals surface area (Å²) in [6.07, 6.45) is 1.31. The third kappa shape index (κ3) is 5.82. The Labute approximate surface area is 179 Å². The Morgan fingerprint density at radius 2 is 1.76 bits per heavy atom. The molecule has 0 atom stereocenters. The quantitative estimate of drug-likeness (QED) is 0.696. The SMILES string of the molecule is O=C(Nc1ccc(F)cc1)N1CCC(CNS(=O)(=O)c2cc(Cl)ccc2Cl)CC1. The molecule has 0 radical (unpaired) electrons. The molecule has 0 bridgehead atoms. The molecular formula is C19H20Cl2FN3O3S. The van der Waals surface area contributed by atoms with Crippen molar-refractivity contribution < 1.29 is 17.6 Å². The Bertz CT molecular complexity index is 979. The smallest absolute Gasteiger partial charge is 0.321 e. The average Bonchev–Trinajstić information content (AvgIpc) is 2.70. The Hall–Kier alpha value is -1.87. The molecule has 0 unspecified atom stereocenters. The molecule has 1 heterocycles. The second-order valence-corrected chi connectivity index (χ2v) is 9.37. The number of hydrogen-bond acceptors (Lipinski definition) is 3. The average molecular weight is 460 g/mol. The molecule has 1 aliphatic heterocycles. The number of anilines is 1. The van der Waals surface area contributed by atoms with E-state index in [1.807, 2.05) is 0 Å². The highest BCUT2D eigenvalue weighted by molar-refractivity contribution is 7.89. The van der Waals surface area contributed by atoms with E-state index >= 15 is 0 Å². The van der Waals surface area contributed by atoms with Crippen LogP contribution in [0.1, 0.15) is 12.8 Å². The van der Waals surface area contributed by atoms with E-state index in [9.17, 15) is 17.6 Å². The zero-order chi connectivity index (χ0) is 21.0. The Kier molecular flexibility index (Phi) is 7.00. The van der Waals surface area contributed by atoms with Gasteiger partial charge >= 0.3 is 6.03 Å². The molecule has 1 saturated heterocycles. The largest absolute Gasteiger partial charge is 0.325 e. The van der Waals surface area contributed by atoms with E-state index in [0.29, 0.717) is 31.6 Å². The van der Waals surface area contributed by atoms with E-state index in [-0.39, 0.29) is 39.3 Å². The number of amides is 2. The summed E-state index contributed by atoms with van der Waals surface area (Å²) in [6, 6.07) is 9.56. The summed E-state index contributed by atoms with van der Waals surface area (Å²) in [4.78, 5) is 13.9. The van der Waals surface area contributed by atoms with E-state index in [1.165, 1.54) is 42.5 Å². The minimum Gasteiger partial charge on any atom is -0.325 e. The number of carbonyl (C=O) groups excluding carboxylic acids is 1. The van der Waals surface area contributed by atoms with Crippen LogP contribution in [-0.4, -0.2) is 39.0 Å². The van der Waals surface area contributed by atoms with Gasteiger partial charge in [-0.25, -0.2) is 22.3 Å². The molecular weight excluding hydrogens is 440 g/mol. The second-order valence-electron chi connectivity index (χ2n) is 6.79. The molecule has 0 saturated carbocycles. The van der Waals surface area contributed by atoms with Gasteiger partial charge in [0.05, 0.1) is 5.02 Å². The lowest BCUT2D eigenvalue weighted by molar-refractivity contribution is 0.183. The van der Waals surface area contributed by atoms with E-state index in [4.69, 9.17) is 23.2 Å². The van der Waals surface area contributed by atoms with Gasteiger partial charge in [-0.05, 0) is 61.2 Å². The van der Waals surface area contributed by atoms with Crippen LogP contribution in [0.25, 0.3) is 0 Å². The van der Waals surface area contributed by atoms with Crippen LogP contribution in [0.2, 0.25) is 10.0 Å². The Morgan fingerprint density at radius 1 is 1.10 bits per heavy atom. The van der Waals surface area contributed by atoms with Gasteiger partial charge in [0.25, 0.3) is 0 Å². The molecule has 3 rings (SSSR count). The fourth-order valence-electron chi connectivity index (χ4n) is 3.06. The number of halogens is 3. The summed E-state index contributed by atoms with van der Waals surface area (Å²) in [5, 5.41) is 3.12. The first-order valence-corrected chi connectivity index (χ1v) is 11.2. The van der Waals surface area contributed by atoms with Crippen LogP contribution in [0, 0.1) is 11.7 Å². The monoisotopic (exact) mass is 459 g/mol. The molecule has 156 valence electrons. The highest BCUT2D eigenvalue weighted by Gasteiger charge is 2.25. The number of nitrogens with one attached hydrogen (secondary N) is 2. The fraction of sp³-hybridized carbons (Fsp3) is 0.316. The predicted octanol–water partition coefficient (Wildman–Crippen LogP) is 4.35. The molecule has 2 aromatic carbocycles. The highest BCUT2D eigenvalue weighted by atomic mass is 35.5. The van der Waals surface area contributed by atoms with Gasteiger partial charge in [-0.1, -0.05) is 23.2 Å². The molecule has 0 spiro atoms. The van der Waals surface area contributed by atoms with E-state index in [2.05, 4.69) is 10.0 Å². The first-order chi connectivity index (χ1) is 13.7. The zero-order valence-electron chi connectivity index (χ0n) is 15.4. The van der Waals surface area contributed by atoms with E-state index < -0.39 is 10.0 Å². The number of benzene rings is 2.